The Kier molecular flexibility index (Phi) is 5.09. The number of thiazole rings is 1. The molecule has 128 valence electrons. The summed E-state index contributed by atoms with van der Waals surface area (Å²) in [7, 11) is 3.40. The summed E-state index contributed by atoms with van der Waals surface area (Å²) in [6.45, 7) is 2.42. The Morgan fingerprint density at radius 2 is 2.00 bits per heavy atom. The van der Waals surface area contributed by atoms with Crippen LogP contribution in [-0.2, 0) is 6.54 Å². The highest BCUT2D eigenvalue weighted by molar-refractivity contribution is 7.13. The Labute approximate surface area is 150 Å². The van der Waals surface area contributed by atoms with E-state index in [4.69, 9.17) is 4.74 Å². The van der Waals surface area contributed by atoms with E-state index in [9.17, 15) is 4.79 Å². The van der Waals surface area contributed by atoms with E-state index in [2.05, 4.69) is 9.97 Å². The molecule has 5 nitrogen and oxygen atoms in total. The van der Waals surface area contributed by atoms with Crippen LogP contribution in [0, 0.1) is 6.92 Å². The van der Waals surface area contributed by atoms with E-state index in [0.29, 0.717) is 12.1 Å². The number of methoxy groups -OCH3 is 1. The summed E-state index contributed by atoms with van der Waals surface area (Å²) in [4.78, 5) is 24.0. The molecule has 0 unspecified atom stereocenters. The van der Waals surface area contributed by atoms with Crippen molar-refractivity contribution in [1.29, 1.82) is 0 Å². The third-order valence-corrected chi connectivity index (χ3v) is 4.89. The number of hydrogen-bond acceptors (Lipinski definition) is 5. The summed E-state index contributed by atoms with van der Waals surface area (Å²) in [6.07, 6.45) is 1.62. The zero-order chi connectivity index (χ0) is 17.8. The average molecular weight is 353 g/mol. The van der Waals surface area contributed by atoms with Gasteiger partial charge in [0.25, 0.3) is 5.91 Å². The van der Waals surface area contributed by atoms with Gasteiger partial charge in [0.2, 0.25) is 0 Å². The SMILES string of the molecule is COc1ccccc1CN(C)C(=O)c1ccc(-c2scnc2C)nc1. The molecule has 3 rings (SSSR count). The number of aromatic nitrogens is 2. The average Bonchev–Trinajstić information content (AvgIpc) is 3.07. The molecule has 0 aliphatic rings. The number of aryl methyl sites for hydroxylation is 1. The number of para-hydroxylation sites is 1. The first-order valence-electron chi connectivity index (χ1n) is 7.84. The third kappa shape index (κ3) is 3.69. The lowest BCUT2D eigenvalue weighted by Gasteiger charge is -2.19. The molecule has 0 saturated heterocycles. The molecule has 2 aromatic heterocycles. The van der Waals surface area contributed by atoms with Crippen molar-refractivity contribution >= 4 is 17.2 Å². The predicted octanol–water partition coefficient (Wildman–Crippen LogP) is 3.79. The second kappa shape index (κ2) is 7.44. The van der Waals surface area contributed by atoms with Crippen LogP contribution >= 0.6 is 11.3 Å². The third-order valence-electron chi connectivity index (χ3n) is 3.94. The number of rotatable bonds is 5. The van der Waals surface area contributed by atoms with E-state index in [1.165, 1.54) is 0 Å². The van der Waals surface area contributed by atoms with E-state index in [1.807, 2.05) is 43.3 Å². The van der Waals surface area contributed by atoms with Gasteiger partial charge in [0.15, 0.2) is 0 Å². The molecule has 3 aromatic rings. The van der Waals surface area contributed by atoms with Crippen LogP contribution in [0.1, 0.15) is 21.6 Å². The molecule has 0 aliphatic heterocycles. The molecule has 0 radical (unpaired) electrons. The zero-order valence-corrected chi connectivity index (χ0v) is 15.2. The van der Waals surface area contributed by atoms with E-state index in [1.54, 1.807) is 42.1 Å². The van der Waals surface area contributed by atoms with Gasteiger partial charge in [-0.05, 0) is 25.1 Å². The smallest absolute Gasteiger partial charge is 0.255 e. The fraction of sp³-hybridized carbons (Fsp3) is 0.211. The lowest BCUT2D eigenvalue weighted by molar-refractivity contribution is 0.0784. The lowest BCUT2D eigenvalue weighted by Crippen LogP contribution is -2.26. The Balaban J connectivity index is 1.75. The van der Waals surface area contributed by atoms with Crippen molar-refractivity contribution in [2.45, 2.75) is 13.5 Å². The number of nitrogens with zero attached hydrogens (tertiary/aromatic N) is 3. The van der Waals surface area contributed by atoms with E-state index >= 15 is 0 Å². The first-order valence-corrected chi connectivity index (χ1v) is 8.72. The highest BCUT2D eigenvalue weighted by atomic mass is 32.1. The van der Waals surface area contributed by atoms with Gasteiger partial charge in [-0.1, -0.05) is 18.2 Å². The molecule has 1 aromatic carbocycles. The van der Waals surface area contributed by atoms with Crippen LogP contribution in [0.4, 0.5) is 0 Å². The van der Waals surface area contributed by atoms with Crippen LogP contribution in [0.3, 0.4) is 0 Å². The number of pyridine rings is 1. The van der Waals surface area contributed by atoms with Crippen LogP contribution < -0.4 is 4.74 Å². The van der Waals surface area contributed by atoms with Gasteiger partial charge in [-0.25, -0.2) is 4.98 Å². The number of carbonyl (C=O) groups excluding carboxylic acids is 1. The first-order chi connectivity index (χ1) is 12.1. The summed E-state index contributed by atoms with van der Waals surface area (Å²) in [5.41, 5.74) is 5.11. The van der Waals surface area contributed by atoms with Crippen molar-refractivity contribution in [3.8, 4) is 16.3 Å². The number of amides is 1. The van der Waals surface area contributed by atoms with Crippen LogP contribution in [0.5, 0.6) is 5.75 Å². The fourth-order valence-corrected chi connectivity index (χ4v) is 3.36. The van der Waals surface area contributed by atoms with Gasteiger partial charge in [-0.3, -0.25) is 9.78 Å². The number of hydrogen-bond donors (Lipinski definition) is 0. The quantitative estimate of drug-likeness (QED) is 0.700. The molecule has 0 aliphatic carbocycles. The maximum absolute atomic E-state index is 12.6. The van der Waals surface area contributed by atoms with Gasteiger partial charge in [-0.15, -0.1) is 11.3 Å². The normalized spacial score (nSPS) is 10.5. The Hall–Kier alpha value is -2.73. The second-order valence-corrected chi connectivity index (χ2v) is 6.53. The Bertz CT molecular complexity index is 874. The number of benzene rings is 1. The van der Waals surface area contributed by atoms with Gasteiger partial charge in [0.05, 0.1) is 34.4 Å². The molecule has 2 heterocycles. The summed E-state index contributed by atoms with van der Waals surface area (Å²) < 4.78 is 5.34. The minimum absolute atomic E-state index is 0.0778. The monoisotopic (exact) mass is 353 g/mol. The Morgan fingerprint density at radius 1 is 1.20 bits per heavy atom. The van der Waals surface area contributed by atoms with Crippen LogP contribution in [0.25, 0.3) is 10.6 Å². The molecule has 0 N–H and O–H groups in total. The van der Waals surface area contributed by atoms with Crippen molar-refractivity contribution in [2.75, 3.05) is 14.2 Å². The minimum Gasteiger partial charge on any atom is -0.496 e. The molecule has 1 amide bonds. The fourth-order valence-electron chi connectivity index (χ4n) is 2.58. The summed E-state index contributed by atoms with van der Waals surface area (Å²) in [5.74, 6) is 0.697. The standard InChI is InChI=1S/C19H19N3O2S/c1-13-18(25-12-21-13)16-9-8-14(10-20-16)19(23)22(2)11-15-6-4-5-7-17(15)24-3/h4-10,12H,11H2,1-3H3. The first kappa shape index (κ1) is 17.1. The van der Waals surface area contributed by atoms with Crippen LogP contribution in [0.15, 0.2) is 48.1 Å². The van der Waals surface area contributed by atoms with Gasteiger partial charge in [0.1, 0.15) is 5.75 Å². The van der Waals surface area contributed by atoms with E-state index in [0.717, 1.165) is 27.6 Å². The maximum atomic E-state index is 12.6. The molecule has 6 heteroatoms. The largest absolute Gasteiger partial charge is 0.496 e. The molecule has 0 bridgehead atoms. The number of ether oxygens (including phenoxy) is 1. The second-order valence-electron chi connectivity index (χ2n) is 5.67. The predicted molar refractivity (Wildman–Crippen MR) is 98.9 cm³/mol. The van der Waals surface area contributed by atoms with Crippen LogP contribution in [0.2, 0.25) is 0 Å². The molecular formula is C19H19N3O2S. The van der Waals surface area contributed by atoms with Gasteiger partial charge in [-0.2, -0.15) is 0 Å². The maximum Gasteiger partial charge on any atom is 0.255 e. The summed E-state index contributed by atoms with van der Waals surface area (Å²) >= 11 is 1.55. The van der Waals surface area contributed by atoms with Crippen molar-refractivity contribution in [3.63, 3.8) is 0 Å². The van der Waals surface area contributed by atoms with Gasteiger partial charge >= 0.3 is 0 Å². The van der Waals surface area contributed by atoms with Crippen molar-refractivity contribution in [2.24, 2.45) is 0 Å². The number of carbonyl (C=O) groups is 1. The summed E-state index contributed by atoms with van der Waals surface area (Å²) in [5, 5.41) is 0. The highest BCUT2D eigenvalue weighted by Crippen LogP contribution is 2.25. The van der Waals surface area contributed by atoms with Crippen molar-refractivity contribution in [3.05, 3.63) is 64.9 Å². The molecule has 25 heavy (non-hydrogen) atoms. The topological polar surface area (TPSA) is 55.3 Å². The highest BCUT2D eigenvalue weighted by Gasteiger charge is 2.15. The van der Waals surface area contributed by atoms with Crippen LogP contribution in [-0.4, -0.2) is 34.9 Å². The van der Waals surface area contributed by atoms with Crippen molar-refractivity contribution in [1.82, 2.24) is 14.9 Å². The van der Waals surface area contributed by atoms with Gasteiger partial charge < -0.3 is 9.64 Å². The molecular weight excluding hydrogens is 334 g/mol. The Morgan fingerprint density at radius 3 is 2.64 bits per heavy atom. The summed E-state index contributed by atoms with van der Waals surface area (Å²) in [6, 6.07) is 11.4. The lowest BCUT2D eigenvalue weighted by atomic mass is 10.1. The molecule has 0 spiro atoms. The van der Waals surface area contributed by atoms with E-state index < -0.39 is 0 Å². The zero-order valence-electron chi connectivity index (χ0n) is 14.4. The van der Waals surface area contributed by atoms with Crippen molar-refractivity contribution < 1.29 is 9.53 Å². The van der Waals surface area contributed by atoms with E-state index in [-0.39, 0.29) is 5.91 Å². The van der Waals surface area contributed by atoms with Gasteiger partial charge in [0, 0.05) is 25.4 Å². The molecule has 0 fully saturated rings. The molecule has 0 atom stereocenters. The minimum atomic E-state index is -0.0778. The molecule has 0 saturated carbocycles.